The number of hydrogen-bond donors (Lipinski definition) is 1. The fourth-order valence-electron chi connectivity index (χ4n) is 4.13. The van der Waals surface area contributed by atoms with Gasteiger partial charge in [0.15, 0.2) is 0 Å². The highest BCUT2D eigenvalue weighted by Gasteiger charge is 2.31. The predicted molar refractivity (Wildman–Crippen MR) is 113 cm³/mol. The van der Waals surface area contributed by atoms with Gasteiger partial charge in [-0.15, -0.1) is 23.7 Å². The van der Waals surface area contributed by atoms with Crippen molar-refractivity contribution in [2.75, 3.05) is 37.6 Å². The summed E-state index contributed by atoms with van der Waals surface area (Å²) >= 11 is 1.74. The normalized spacial score (nSPS) is 21.4. The van der Waals surface area contributed by atoms with Crippen LogP contribution in [-0.2, 0) is 4.79 Å². The third-order valence-corrected chi connectivity index (χ3v) is 6.88. The fraction of sp³-hybridized carbons (Fsp3) is 0.632. The smallest absolute Gasteiger partial charge is 0.225 e. The number of nitrogens with one attached hydrogen (secondary N) is 1. The Morgan fingerprint density at radius 3 is 2.67 bits per heavy atom. The average Bonchev–Trinajstić information content (AvgIpc) is 2.95. The Morgan fingerprint density at radius 2 is 1.96 bits per heavy atom. The largest absolute Gasteiger partial charge is 0.356 e. The molecule has 2 saturated heterocycles. The van der Waals surface area contributed by atoms with Gasteiger partial charge in [-0.25, -0.2) is 9.97 Å². The molecule has 0 aromatic carbocycles. The summed E-state index contributed by atoms with van der Waals surface area (Å²) < 4.78 is 0. The van der Waals surface area contributed by atoms with E-state index in [9.17, 15) is 4.79 Å². The molecule has 148 valence electrons. The lowest BCUT2D eigenvalue weighted by Gasteiger charge is -2.37. The molecule has 1 N–H and O–H groups in total. The Labute approximate surface area is 170 Å². The van der Waals surface area contributed by atoms with Gasteiger partial charge in [0.1, 0.15) is 17.0 Å². The molecule has 0 aliphatic carbocycles. The van der Waals surface area contributed by atoms with Gasteiger partial charge in [-0.1, -0.05) is 0 Å². The second-order valence-corrected chi connectivity index (χ2v) is 8.76. The third kappa shape index (κ3) is 3.91. The Morgan fingerprint density at radius 1 is 1.22 bits per heavy atom. The molecule has 2 aromatic heterocycles. The van der Waals surface area contributed by atoms with Gasteiger partial charge in [-0.05, 0) is 39.2 Å². The summed E-state index contributed by atoms with van der Waals surface area (Å²) in [5, 5.41) is 4.60. The van der Waals surface area contributed by atoms with E-state index in [4.69, 9.17) is 0 Å². The lowest BCUT2D eigenvalue weighted by molar-refractivity contribution is -0.137. The molecular weight excluding hydrogens is 382 g/mol. The van der Waals surface area contributed by atoms with E-state index >= 15 is 0 Å². The first kappa shape index (κ1) is 20.3. The number of thiophene rings is 1. The molecule has 2 aliphatic rings. The highest BCUT2D eigenvalue weighted by Crippen LogP contribution is 2.35. The Balaban J connectivity index is 0.00000210. The second-order valence-electron chi connectivity index (χ2n) is 7.56. The molecule has 6 nitrogen and oxygen atoms in total. The second kappa shape index (κ2) is 8.29. The summed E-state index contributed by atoms with van der Waals surface area (Å²) in [6, 6.07) is 0.395. The number of halogens is 1. The summed E-state index contributed by atoms with van der Waals surface area (Å²) in [5.41, 5.74) is 1.29. The van der Waals surface area contributed by atoms with Gasteiger partial charge >= 0.3 is 0 Å². The molecule has 1 atom stereocenters. The third-order valence-electron chi connectivity index (χ3n) is 5.77. The summed E-state index contributed by atoms with van der Waals surface area (Å²) in [4.78, 5) is 28.7. The van der Waals surface area contributed by atoms with E-state index in [2.05, 4.69) is 45.9 Å². The van der Waals surface area contributed by atoms with E-state index in [1.807, 2.05) is 0 Å². The minimum absolute atomic E-state index is 0. The van der Waals surface area contributed by atoms with Crippen LogP contribution in [0.4, 0.5) is 5.82 Å². The highest BCUT2D eigenvalue weighted by molar-refractivity contribution is 7.18. The molecule has 1 amide bonds. The molecule has 4 rings (SSSR count). The first-order valence-electron chi connectivity index (χ1n) is 9.52. The van der Waals surface area contributed by atoms with Gasteiger partial charge < -0.3 is 15.1 Å². The van der Waals surface area contributed by atoms with Crippen molar-refractivity contribution in [2.45, 2.75) is 39.7 Å². The molecule has 0 saturated carbocycles. The number of carbonyl (C=O) groups excluding carboxylic acids is 1. The molecule has 8 heteroatoms. The van der Waals surface area contributed by atoms with Gasteiger partial charge in [-0.3, -0.25) is 4.79 Å². The van der Waals surface area contributed by atoms with Crippen molar-refractivity contribution in [3.05, 3.63) is 16.8 Å². The lowest BCUT2D eigenvalue weighted by Crippen LogP contribution is -2.53. The van der Waals surface area contributed by atoms with E-state index in [0.29, 0.717) is 11.9 Å². The van der Waals surface area contributed by atoms with Gasteiger partial charge in [0, 0.05) is 49.6 Å². The molecule has 4 heterocycles. The van der Waals surface area contributed by atoms with Crippen LogP contribution in [0.2, 0.25) is 0 Å². The minimum atomic E-state index is 0. The molecule has 2 fully saturated rings. The molecule has 0 radical (unpaired) electrons. The Bertz CT molecular complexity index is 818. The lowest BCUT2D eigenvalue weighted by atomic mass is 9.94. The van der Waals surface area contributed by atoms with E-state index in [0.717, 1.165) is 56.2 Å². The summed E-state index contributed by atoms with van der Waals surface area (Å²) in [5.74, 6) is 1.53. The van der Waals surface area contributed by atoms with Crippen LogP contribution in [-0.4, -0.2) is 59.5 Å². The number of piperidine rings is 1. The zero-order valence-electron chi connectivity index (χ0n) is 16.2. The minimum Gasteiger partial charge on any atom is -0.356 e. The topological polar surface area (TPSA) is 61.4 Å². The monoisotopic (exact) mass is 409 g/mol. The van der Waals surface area contributed by atoms with Gasteiger partial charge in [0.2, 0.25) is 5.91 Å². The van der Waals surface area contributed by atoms with Crippen molar-refractivity contribution >= 4 is 45.7 Å². The van der Waals surface area contributed by atoms with E-state index in [-0.39, 0.29) is 18.3 Å². The number of rotatable bonds is 2. The van der Waals surface area contributed by atoms with Crippen molar-refractivity contribution in [3.8, 4) is 0 Å². The number of aryl methyl sites for hydroxylation is 2. The van der Waals surface area contributed by atoms with E-state index in [1.54, 1.807) is 17.7 Å². The molecule has 2 aromatic rings. The number of carbonyl (C=O) groups is 1. The Hall–Kier alpha value is -1.44. The SMILES string of the molecule is Cc1sc2ncnc(N3CCC(C(=O)N4CCNC(C)C4)CC3)c2c1C.Cl. The zero-order valence-corrected chi connectivity index (χ0v) is 17.8. The quantitative estimate of drug-likeness (QED) is 0.826. The number of nitrogens with zero attached hydrogens (tertiary/aromatic N) is 4. The van der Waals surface area contributed by atoms with Crippen LogP contribution in [0.5, 0.6) is 0 Å². The van der Waals surface area contributed by atoms with Crippen molar-refractivity contribution in [1.29, 1.82) is 0 Å². The van der Waals surface area contributed by atoms with Gasteiger partial charge in [0.25, 0.3) is 0 Å². The standard InChI is InChI=1S/C19H27N5OS.ClH/c1-12-10-24(9-6-20-12)19(25)15-4-7-23(8-5-15)17-16-13(2)14(3)26-18(16)22-11-21-17;/h11-12,15,20H,4-10H2,1-3H3;1H. The maximum absolute atomic E-state index is 12.9. The molecule has 1 unspecified atom stereocenters. The number of hydrogen-bond acceptors (Lipinski definition) is 6. The first-order chi connectivity index (χ1) is 12.5. The van der Waals surface area contributed by atoms with Crippen molar-refractivity contribution in [1.82, 2.24) is 20.2 Å². The maximum atomic E-state index is 12.9. The van der Waals surface area contributed by atoms with Gasteiger partial charge in [-0.2, -0.15) is 0 Å². The van der Waals surface area contributed by atoms with Crippen molar-refractivity contribution in [3.63, 3.8) is 0 Å². The number of anilines is 1. The first-order valence-corrected chi connectivity index (χ1v) is 10.3. The molecular formula is C19H28ClN5OS. The van der Waals surface area contributed by atoms with E-state index < -0.39 is 0 Å². The highest BCUT2D eigenvalue weighted by atomic mass is 35.5. The maximum Gasteiger partial charge on any atom is 0.225 e. The fourth-order valence-corrected chi connectivity index (χ4v) is 5.12. The summed E-state index contributed by atoms with van der Waals surface area (Å²) in [6.07, 6.45) is 3.49. The van der Waals surface area contributed by atoms with Crippen LogP contribution in [0.1, 0.15) is 30.2 Å². The number of fused-ring (bicyclic) bond motifs is 1. The molecule has 2 aliphatic heterocycles. The predicted octanol–water partition coefficient (Wildman–Crippen LogP) is 2.77. The number of amides is 1. The van der Waals surface area contributed by atoms with Crippen molar-refractivity contribution in [2.24, 2.45) is 5.92 Å². The molecule has 0 spiro atoms. The summed E-state index contributed by atoms with van der Waals surface area (Å²) in [7, 11) is 0. The number of aromatic nitrogens is 2. The van der Waals surface area contributed by atoms with Crippen LogP contribution >= 0.6 is 23.7 Å². The van der Waals surface area contributed by atoms with E-state index in [1.165, 1.54) is 15.8 Å². The average molecular weight is 410 g/mol. The van der Waals surface area contributed by atoms with Crippen LogP contribution in [0.15, 0.2) is 6.33 Å². The van der Waals surface area contributed by atoms with Crippen LogP contribution in [0.25, 0.3) is 10.2 Å². The van der Waals surface area contributed by atoms with Crippen LogP contribution in [0, 0.1) is 19.8 Å². The number of piperazine rings is 1. The molecule has 0 bridgehead atoms. The van der Waals surface area contributed by atoms with Gasteiger partial charge in [0.05, 0.1) is 5.39 Å². The van der Waals surface area contributed by atoms with Crippen LogP contribution in [0.3, 0.4) is 0 Å². The zero-order chi connectivity index (χ0) is 18.3. The summed E-state index contributed by atoms with van der Waals surface area (Å²) in [6.45, 7) is 10.8. The van der Waals surface area contributed by atoms with Crippen molar-refractivity contribution < 1.29 is 4.79 Å². The molecule has 27 heavy (non-hydrogen) atoms. The Kier molecular flexibility index (Phi) is 6.23. The van der Waals surface area contributed by atoms with Crippen LogP contribution < -0.4 is 10.2 Å².